The van der Waals surface area contributed by atoms with E-state index in [-0.39, 0.29) is 5.91 Å². The quantitative estimate of drug-likeness (QED) is 0.578. The Kier molecular flexibility index (Phi) is 6.36. The SMILES string of the molecule is Cc1ccccc1NC(=S)NNC(=O)[C@@H](C)Oc1cccc(C)c1C. The maximum atomic E-state index is 12.2. The fraction of sp³-hybridized carbons (Fsp3) is 0.263. The molecule has 2 aromatic rings. The summed E-state index contributed by atoms with van der Waals surface area (Å²) in [6.45, 7) is 7.64. The van der Waals surface area contributed by atoms with Gasteiger partial charge in [-0.05, 0) is 68.7 Å². The molecule has 3 N–H and O–H groups in total. The van der Waals surface area contributed by atoms with Crippen molar-refractivity contribution in [3.05, 3.63) is 59.2 Å². The molecular weight excluding hydrogens is 334 g/mol. The molecule has 25 heavy (non-hydrogen) atoms. The second kappa shape index (κ2) is 8.48. The van der Waals surface area contributed by atoms with Crippen LogP contribution in [0.3, 0.4) is 0 Å². The Hall–Kier alpha value is -2.60. The molecule has 0 fully saturated rings. The molecule has 1 amide bonds. The van der Waals surface area contributed by atoms with Crippen LogP contribution >= 0.6 is 12.2 Å². The molecule has 0 bridgehead atoms. The van der Waals surface area contributed by atoms with Crippen LogP contribution in [-0.2, 0) is 4.79 Å². The maximum absolute atomic E-state index is 12.2. The van der Waals surface area contributed by atoms with E-state index in [1.54, 1.807) is 6.92 Å². The van der Waals surface area contributed by atoms with Crippen molar-refractivity contribution in [2.75, 3.05) is 5.32 Å². The van der Waals surface area contributed by atoms with Crippen LogP contribution in [0.4, 0.5) is 5.69 Å². The minimum Gasteiger partial charge on any atom is -0.481 e. The molecule has 132 valence electrons. The van der Waals surface area contributed by atoms with Gasteiger partial charge in [-0.3, -0.25) is 15.6 Å². The summed E-state index contributed by atoms with van der Waals surface area (Å²) >= 11 is 5.19. The molecule has 0 radical (unpaired) electrons. The highest BCUT2D eigenvalue weighted by Gasteiger charge is 2.16. The Bertz CT molecular complexity index is 777. The number of hydrogen-bond donors (Lipinski definition) is 3. The van der Waals surface area contributed by atoms with Crippen molar-refractivity contribution in [1.82, 2.24) is 10.9 Å². The first-order chi connectivity index (χ1) is 11.9. The van der Waals surface area contributed by atoms with E-state index in [2.05, 4.69) is 16.2 Å². The second-order valence-electron chi connectivity index (χ2n) is 5.84. The lowest BCUT2D eigenvalue weighted by Crippen LogP contribution is -2.48. The zero-order chi connectivity index (χ0) is 18.4. The number of thiocarbonyl (C=S) groups is 1. The molecule has 0 aliphatic carbocycles. The van der Waals surface area contributed by atoms with Gasteiger partial charge in [0.1, 0.15) is 5.75 Å². The van der Waals surface area contributed by atoms with Crippen LogP contribution in [0.25, 0.3) is 0 Å². The van der Waals surface area contributed by atoms with Gasteiger partial charge in [0.2, 0.25) is 0 Å². The molecular formula is C19H23N3O2S. The standard InChI is InChI=1S/C19H23N3O2S/c1-12-9-7-11-17(14(12)3)24-15(4)18(23)21-22-19(25)20-16-10-6-5-8-13(16)2/h5-11,15H,1-4H3,(H,21,23)(H2,20,22,25)/t15-/m1/s1. The number of carbonyl (C=O) groups excluding carboxylic acids is 1. The van der Waals surface area contributed by atoms with Crippen LogP contribution in [0.2, 0.25) is 0 Å². The molecule has 0 aliphatic heterocycles. The van der Waals surface area contributed by atoms with Crippen LogP contribution in [0.5, 0.6) is 5.75 Å². The summed E-state index contributed by atoms with van der Waals surface area (Å²) in [5.41, 5.74) is 9.33. The van der Waals surface area contributed by atoms with Gasteiger partial charge in [-0.25, -0.2) is 0 Å². The van der Waals surface area contributed by atoms with Gasteiger partial charge >= 0.3 is 0 Å². The normalized spacial score (nSPS) is 11.4. The lowest BCUT2D eigenvalue weighted by Gasteiger charge is -2.18. The van der Waals surface area contributed by atoms with Crippen molar-refractivity contribution in [2.24, 2.45) is 0 Å². The monoisotopic (exact) mass is 357 g/mol. The topological polar surface area (TPSA) is 62.4 Å². The zero-order valence-electron chi connectivity index (χ0n) is 14.8. The molecule has 2 aromatic carbocycles. The number of aryl methyl sites for hydroxylation is 2. The second-order valence-corrected chi connectivity index (χ2v) is 6.25. The highest BCUT2D eigenvalue weighted by Crippen LogP contribution is 2.21. The van der Waals surface area contributed by atoms with E-state index in [1.165, 1.54) is 0 Å². The van der Waals surface area contributed by atoms with E-state index in [0.717, 1.165) is 22.4 Å². The molecule has 1 atom stereocenters. The number of anilines is 1. The van der Waals surface area contributed by atoms with Gasteiger partial charge in [0.15, 0.2) is 11.2 Å². The summed E-state index contributed by atoms with van der Waals surface area (Å²) < 4.78 is 5.74. The fourth-order valence-electron chi connectivity index (χ4n) is 2.18. The summed E-state index contributed by atoms with van der Waals surface area (Å²) in [5, 5.41) is 3.34. The van der Waals surface area contributed by atoms with Crippen LogP contribution in [-0.4, -0.2) is 17.1 Å². The van der Waals surface area contributed by atoms with Crippen LogP contribution < -0.4 is 20.9 Å². The first kappa shape index (κ1) is 18.7. The predicted octanol–water partition coefficient (Wildman–Crippen LogP) is 3.40. The molecule has 0 saturated carbocycles. The van der Waals surface area contributed by atoms with Crippen molar-refractivity contribution in [3.63, 3.8) is 0 Å². The third-order valence-corrected chi connectivity index (χ3v) is 4.12. The Morgan fingerprint density at radius 3 is 2.40 bits per heavy atom. The molecule has 0 aliphatic rings. The lowest BCUT2D eigenvalue weighted by molar-refractivity contribution is -0.127. The van der Waals surface area contributed by atoms with Crippen molar-refractivity contribution in [2.45, 2.75) is 33.8 Å². The van der Waals surface area contributed by atoms with E-state index < -0.39 is 6.10 Å². The van der Waals surface area contributed by atoms with E-state index in [9.17, 15) is 4.79 Å². The molecule has 0 aromatic heterocycles. The molecule has 6 heteroatoms. The first-order valence-electron chi connectivity index (χ1n) is 8.04. The summed E-state index contributed by atoms with van der Waals surface area (Å²) in [7, 11) is 0. The number of benzene rings is 2. The minimum atomic E-state index is -0.658. The van der Waals surface area contributed by atoms with E-state index in [1.807, 2.05) is 63.2 Å². The summed E-state index contributed by atoms with van der Waals surface area (Å²) in [5.74, 6) is 0.387. The van der Waals surface area contributed by atoms with Gasteiger partial charge in [-0.2, -0.15) is 0 Å². The largest absolute Gasteiger partial charge is 0.481 e. The summed E-state index contributed by atoms with van der Waals surface area (Å²) in [4.78, 5) is 12.2. The number of carbonyl (C=O) groups is 1. The first-order valence-corrected chi connectivity index (χ1v) is 8.44. The van der Waals surface area contributed by atoms with Gasteiger partial charge in [0, 0.05) is 5.69 Å². The van der Waals surface area contributed by atoms with E-state index in [0.29, 0.717) is 10.9 Å². The number of nitrogens with one attached hydrogen (secondary N) is 3. The average Bonchev–Trinajstić information content (AvgIpc) is 2.58. The van der Waals surface area contributed by atoms with Gasteiger partial charge in [0.05, 0.1) is 0 Å². The van der Waals surface area contributed by atoms with Gasteiger partial charge in [-0.15, -0.1) is 0 Å². The van der Waals surface area contributed by atoms with Gasteiger partial charge in [0.25, 0.3) is 5.91 Å². The number of amides is 1. The number of rotatable bonds is 4. The third-order valence-electron chi connectivity index (χ3n) is 3.92. The molecule has 0 saturated heterocycles. The van der Waals surface area contributed by atoms with Crippen molar-refractivity contribution in [1.29, 1.82) is 0 Å². The van der Waals surface area contributed by atoms with Crippen LogP contribution in [0, 0.1) is 20.8 Å². The number of para-hydroxylation sites is 1. The molecule has 0 spiro atoms. The highest BCUT2D eigenvalue weighted by molar-refractivity contribution is 7.80. The van der Waals surface area contributed by atoms with Crippen LogP contribution in [0.1, 0.15) is 23.6 Å². The van der Waals surface area contributed by atoms with Crippen molar-refractivity contribution in [3.8, 4) is 5.75 Å². The van der Waals surface area contributed by atoms with Crippen molar-refractivity contribution >= 4 is 28.9 Å². The lowest BCUT2D eigenvalue weighted by atomic mass is 10.1. The van der Waals surface area contributed by atoms with Gasteiger partial charge in [-0.1, -0.05) is 30.3 Å². The molecule has 0 heterocycles. The number of hydrogen-bond acceptors (Lipinski definition) is 3. The Balaban J connectivity index is 1.86. The fourth-order valence-corrected chi connectivity index (χ4v) is 2.34. The Labute approximate surface area is 153 Å². The highest BCUT2D eigenvalue weighted by atomic mass is 32.1. The average molecular weight is 357 g/mol. The molecule has 5 nitrogen and oxygen atoms in total. The smallest absolute Gasteiger partial charge is 0.279 e. The molecule has 0 unspecified atom stereocenters. The van der Waals surface area contributed by atoms with E-state index >= 15 is 0 Å². The summed E-state index contributed by atoms with van der Waals surface area (Å²) in [6.07, 6.45) is -0.658. The van der Waals surface area contributed by atoms with Gasteiger partial charge < -0.3 is 10.1 Å². The molecule has 2 rings (SSSR count). The number of ether oxygens (including phenoxy) is 1. The number of hydrazine groups is 1. The third kappa shape index (κ3) is 5.19. The zero-order valence-corrected chi connectivity index (χ0v) is 15.7. The van der Waals surface area contributed by atoms with E-state index in [4.69, 9.17) is 17.0 Å². The van der Waals surface area contributed by atoms with Crippen LogP contribution in [0.15, 0.2) is 42.5 Å². The minimum absolute atomic E-state index is 0.307. The maximum Gasteiger partial charge on any atom is 0.279 e. The Morgan fingerprint density at radius 1 is 1.00 bits per heavy atom. The van der Waals surface area contributed by atoms with Crippen molar-refractivity contribution < 1.29 is 9.53 Å². The predicted molar refractivity (Wildman–Crippen MR) is 105 cm³/mol. The Morgan fingerprint density at radius 2 is 1.68 bits per heavy atom. The summed E-state index contributed by atoms with van der Waals surface area (Å²) in [6, 6.07) is 13.5.